The van der Waals surface area contributed by atoms with E-state index in [1.807, 2.05) is 6.07 Å². The van der Waals surface area contributed by atoms with E-state index in [1.54, 1.807) is 0 Å². The molecule has 3 nitrogen and oxygen atoms in total. The lowest BCUT2D eigenvalue weighted by molar-refractivity contribution is 0.171. The summed E-state index contributed by atoms with van der Waals surface area (Å²) in [7, 11) is 0. The topological polar surface area (TPSA) is 30.5 Å². The minimum Gasteiger partial charge on any atom is -0.486 e. The summed E-state index contributed by atoms with van der Waals surface area (Å²) < 4.78 is 12.3. The van der Waals surface area contributed by atoms with Gasteiger partial charge in [-0.05, 0) is 59.1 Å². The summed E-state index contributed by atoms with van der Waals surface area (Å²) in [5.41, 5.74) is 3.49. The van der Waals surface area contributed by atoms with Gasteiger partial charge in [0.15, 0.2) is 11.5 Å². The zero-order valence-electron chi connectivity index (χ0n) is 12.2. The number of rotatable bonds is 3. The Labute approximate surface area is 133 Å². The van der Waals surface area contributed by atoms with Crippen molar-refractivity contribution in [3.05, 3.63) is 52.0 Å². The molecule has 0 amide bonds. The molecule has 0 aromatic heterocycles. The monoisotopic (exact) mass is 347 g/mol. The molecule has 2 aromatic carbocycles. The van der Waals surface area contributed by atoms with E-state index in [4.69, 9.17) is 9.47 Å². The molecule has 1 aliphatic rings. The predicted molar refractivity (Wildman–Crippen MR) is 88.3 cm³/mol. The molecule has 0 aliphatic carbocycles. The lowest BCUT2D eigenvalue weighted by Crippen LogP contribution is -2.16. The van der Waals surface area contributed by atoms with Crippen LogP contribution in [0.5, 0.6) is 11.5 Å². The van der Waals surface area contributed by atoms with Crippen molar-refractivity contribution in [1.29, 1.82) is 0 Å². The van der Waals surface area contributed by atoms with E-state index in [0.29, 0.717) is 13.2 Å². The van der Waals surface area contributed by atoms with Gasteiger partial charge in [0.05, 0.1) is 0 Å². The normalized spacial score (nSPS) is 14.6. The minimum atomic E-state index is 0.180. The largest absolute Gasteiger partial charge is 0.486 e. The molecule has 1 aliphatic heterocycles. The Bertz CT molecular complexity index is 657. The first-order valence-corrected chi connectivity index (χ1v) is 7.85. The van der Waals surface area contributed by atoms with Gasteiger partial charge in [-0.25, -0.2) is 0 Å². The first-order chi connectivity index (χ1) is 10.1. The first kappa shape index (κ1) is 14.3. The minimum absolute atomic E-state index is 0.180. The molecular weight excluding hydrogens is 330 g/mol. The van der Waals surface area contributed by atoms with Crippen LogP contribution >= 0.6 is 15.9 Å². The fraction of sp³-hybridized carbons (Fsp3) is 0.294. The van der Waals surface area contributed by atoms with Gasteiger partial charge in [0.1, 0.15) is 13.2 Å². The SMILES string of the molecule is Cc1cccc(NC(C)c2ccc3c(c2)OCCO3)c1Br. The van der Waals surface area contributed by atoms with Gasteiger partial charge >= 0.3 is 0 Å². The quantitative estimate of drug-likeness (QED) is 0.872. The summed E-state index contributed by atoms with van der Waals surface area (Å²) in [6, 6.07) is 12.5. The summed E-state index contributed by atoms with van der Waals surface area (Å²) in [5, 5.41) is 3.53. The maximum Gasteiger partial charge on any atom is 0.161 e. The van der Waals surface area contributed by atoms with Crippen molar-refractivity contribution in [2.45, 2.75) is 19.9 Å². The fourth-order valence-corrected chi connectivity index (χ4v) is 2.78. The van der Waals surface area contributed by atoms with Gasteiger partial charge in [0.2, 0.25) is 0 Å². The number of hydrogen-bond donors (Lipinski definition) is 1. The maximum absolute atomic E-state index is 5.65. The lowest BCUT2D eigenvalue weighted by Gasteiger charge is -2.22. The van der Waals surface area contributed by atoms with Gasteiger partial charge in [0.25, 0.3) is 0 Å². The van der Waals surface area contributed by atoms with E-state index in [2.05, 4.69) is 65.4 Å². The average Bonchev–Trinajstić information content (AvgIpc) is 2.51. The van der Waals surface area contributed by atoms with Crippen molar-refractivity contribution in [3.63, 3.8) is 0 Å². The highest BCUT2D eigenvalue weighted by molar-refractivity contribution is 9.10. The molecule has 0 fully saturated rings. The average molecular weight is 348 g/mol. The van der Waals surface area contributed by atoms with E-state index < -0.39 is 0 Å². The number of benzene rings is 2. The van der Waals surface area contributed by atoms with Crippen LogP contribution in [0.25, 0.3) is 0 Å². The smallest absolute Gasteiger partial charge is 0.161 e. The molecule has 0 saturated heterocycles. The van der Waals surface area contributed by atoms with Crippen LogP contribution in [-0.4, -0.2) is 13.2 Å². The third kappa shape index (κ3) is 3.00. The van der Waals surface area contributed by atoms with E-state index in [0.717, 1.165) is 21.7 Å². The van der Waals surface area contributed by atoms with Crippen molar-refractivity contribution in [2.24, 2.45) is 0 Å². The Hall–Kier alpha value is -1.68. The molecule has 3 rings (SSSR count). The maximum atomic E-state index is 5.65. The standard InChI is InChI=1S/C17H18BrNO2/c1-11-4-3-5-14(17(11)18)19-12(2)13-6-7-15-16(10-13)21-9-8-20-15/h3-7,10,12,19H,8-9H2,1-2H3. The second-order valence-electron chi connectivity index (χ2n) is 5.21. The van der Waals surface area contributed by atoms with Crippen LogP contribution in [0.2, 0.25) is 0 Å². The zero-order valence-corrected chi connectivity index (χ0v) is 13.7. The van der Waals surface area contributed by atoms with Crippen molar-refractivity contribution >= 4 is 21.6 Å². The van der Waals surface area contributed by atoms with Gasteiger partial charge in [-0.2, -0.15) is 0 Å². The van der Waals surface area contributed by atoms with Crippen LogP contribution in [0.1, 0.15) is 24.1 Å². The van der Waals surface area contributed by atoms with Crippen LogP contribution < -0.4 is 14.8 Å². The number of hydrogen-bond acceptors (Lipinski definition) is 3. The van der Waals surface area contributed by atoms with Gasteiger partial charge in [-0.3, -0.25) is 0 Å². The summed E-state index contributed by atoms with van der Waals surface area (Å²) in [6.07, 6.45) is 0. The first-order valence-electron chi connectivity index (χ1n) is 7.06. The molecule has 21 heavy (non-hydrogen) atoms. The van der Waals surface area contributed by atoms with Crippen LogP contribution in [0.15, 0.2) is 40.9 Å². The number of halogens is 1. The molecular formula is C17H18BrNO2. The van der Waals surface area contributed by atoms with Crippen LogP contribution in [0.4, 0.5) is 5.69 Å². The van der Waals surface area contributed by atoms with Crippen molar-refractivity contribution in [1.82, 2.24) is 0 Å². The summed E-state index contributed by atoms with van der Waals surface area (Å²) in [6.45, 7) is 5.46. The molecule has 0 radical (unpaired) electrons. The third-order valence-corrected chi connectivity index (χ3v) is 4.68. The molecule has 2 aromatic rings. The van der Waals surface area contributed by atoms with E-state index in [1.165, 1.54) is 11.1 Å². The molecule has 0 saturated carbocycles. The van der Waals surface area contributed by atoms with Gasteiger partial charge in [-0.1, -0.05) is 18.2 Å². The summed E-state index contributed by atoms with van der Waals surface area (Å²) in [5.74, 6) is 1.66. The number of anilines is 1. The van der Waals surface area contributed by atoms with Gasteiger partial charge in [0, 0.05) is 16.2 Å². The van der Waals surface area contributed by atoms with Gasteiger partial charge in [-0.15, -0.1) is 0 Å². The Kier molecular flexibility index (Phi) is 4.06. The Morgan fingerprint density at radius 2 is 1.86 bits per heavy atom. The second-order valence-corrected chi connectivity index (χ2v) is 6.00. The molecule has 1 unspecified atom stereocenters. The van der Waals surface area contributed by atoms with Crippen LogP contribution in [0, 0.1) is 6.92 Å². The predicted octanol–water partition coefficient (Wildman–Crippen LogP) is 4.70. The Morgan fingerprint density at radius 1 is 1.10 bits per heavy atom. The van der Waals surface area contributed by atoms with Gasteiger partial charge < -0.3 is 14.8 Å². The van der Waals surface area contributed by atoms with E-state index >= 15 is 0 Å². The van der Waals surface area contributed by atoms with E-state index in [9.17, 15) is 0 Å². The highest BCUT2D eigenvalue weighted by Crippen LogP contribution is 2.34. The third-order valence-electron chi connectivity index (χ3n) is 3.63. The Morgan fingerprint density at radius 3 is 2.67 bits per heavy atom. The molecule has 0 spiro atoms. The number of ether oxygens (including phenoxy) is 2. The highest BCUT2D eigenvalue weighted by atomic mass is 79.9. The molecule has 110 valence electrons. The van der Waals surface area contributed by atoms with Crippen LogP contribution in [0.3, 0.4) is 0 Å². The number of aryl methyl sites for hydroxylation is 1. The Balaban J connectivity index is 1.82. The molecule has 1 atom stereocenters. The molecule has 0 bridgehead atoms. The molecule has 1 N–H and O–H groups in total. The molecule has 4 heteroatoms. The zero-order chi connectivity index (χ0) is 14.8. The van der Waals surface area contributed by atoms with Crippen molar-refractivity contribution < 1.29 is 9.47 Å². The summed E-state index contributed by atoms with van der Waals surface area (Å²) in [4.78, 5) is 0. The van der Waals surface area contributed by atoms with Crippen molar-refractivity contribution in [2.75, 3.05) is 18.5 Å². The number of nitrogens with one attached hydrogen (secondary N) is 1. The molecule has 1 heterocycles. The fourth-order valence-electron chi connectivity index (χ4n) is 2.40. The van der Waals surface area contributed by atoms with E-state index in [-0.39, 0.29) is 6.04 Å². The van der Waals surface area contributed by atoms with Crippen LogP contribution in [-0.2, 0) is 0 Å². The van der Waals surface area contributed by atoms with Crippen molar-refractivity contribution in [3.8, 4) is 11.5 Å². The lowest BCUT2D eigenvalue weighted by atomic mass is 10.1. The summed E-state index contributed by atoms with van der Waals surface area (Å²) >= 11 is 3.63. The highest BCUT2D eigenvalue weighted by Gasteiger charge is 2.15. The number of fused-ring (bicyclic) bond motifs is 1. The second kappa shape index (κ2) is 5.98.